The highest BCUT2D eigenvalue weighted by Gasteiger charge is 2.51. The Morgan fingerprint density at radius 2 is 0.922 bits per heavy atom. The zero-order chi connectivity index (χ0) is 47.1. The van der Waals surface area contributed by atoms with Crippen LogP contribution in [0.15, 0.2) is 85.1 Å². The topological polar surface area (TPSA) is 210 Å². The third kappa shape index (κ3) is 31.0. The van der Waals surface area contributed by atoms with E-state index >= 15 is 0 Å². The Morgan fingerprint density at radius 1 is 0.500 bits per heavy atom. The second-order valence-corrected chi connectivity index (χ2v) is 17.6. The van der Waals surface area contributed by atoms with E-state index in [1.165, 1.54) is 44.9 Å². The fraction of sp³-hybridized carbons (Fsp3) is 0.680. The number of ether oxygens (including phenoxy) is 2. The van der Waals surface area contributed by atoms with E-state index in [1.807, 2.05) is 18.2 Å². The lowest BCUT2D eigenvalue weighted by atomic mass is 9.85. The van der Waals surface area contributed by atoms with Gasteiger partial charge in [0.1, 0.15) is 43.2 Å². The first-order valence-corrected chi connectivity index (χ1v) is 25.4. The van der Waals surface area contributed by atoms with Crippen molar-refractivity contribution in [1.29, 1.82) is 0 Å². The Bertz CT molecular complexity index is 1440. The molecule has 1 saturated carbocycles. The Balaban J connectivity index is 2.52. The average Bonchev–Trinajstić information content (AvgIpc) is 3.28. The van der Waals surface area contributed by atoms with Crippen LogP contribution in [0.25, 0.3) is 0 Å². The smallest absolute Gasteiger partial charge is 0.462 e. The maximum absolute atomic E-state index is 12.8. The number of hydrogen-bond acceptors (Lipinski definition) is 12. The molecule has 1 aliphatic rings. The highest BCUT2D eigenvalue weighted by atomic mass is 31.2. The molecule has 0 aromatic rings. The molecule has 1 fully saturated rings. The van der Waals surface area contributed by atoms with Crippen molar-refractivity contribution in [1.82, 2.24) is 0 Å². The minimum absolute atomic E-state index is 0.0343. The molecule has 0 saturated heterocycles. The first-order valence-electron chi connectivity index (χ1n) is 23.9. The molecule has 1 aliphatic carbocycles. The maximum atomic E-state index is 12.8. The van der Waals surface area contributed by atoms with Crippen LogP contribution in [0.5, 0.6) is 0 Å². The van der Waals surface area contributed by atoms with Gasteiger partial charge in [0.05, 0.1) is 6.61 Å². The monoisotopic (exact) mass is 923 g/mol. The number of hydrogen-bond donors (Lipinski definition) is 6. The van der Waals surface area contributed by atoms with Crippen LogP contribution in [-0.2, 0) is 32.7 Å². The number of rotatable bonds is 38. The van der Waals surface area contributed by atoms with E-state index in [0.29, 0.717) is 19.3 Å². The molecule has 6 unspecified atom stereocenters. The molecule has 14 heteroatoms. The summed E-state index contributed by atoms with van der Waals surface area (Å²) in [6.07, 6.45) is 37.9. The second kappa shape index (κ2) is 39.2. The molecular weight excluding hydrogens is 840 g/mol. The van der Waals surface area contributed by atoms with Crippen LogP contribution >= 0.6 is 7.82 Å². The van der Waals surface area contributed by atoms with E-state index < -0.39 is 75.7 Å². The van der Waals surface area contributed by atoms with E-state index in [0.717, 1.165) is 70.6 Å². The molecule has 0 spiro atoms. The largest absolute Gasteiger partial charge is 0.472 e. The van der Waals surface area contributed by atoms with Crippen LogP contribution in [-0.4, -0.2) is 98.3 Å². The van der Waals surface area contributed by atoms with E-state index in [4.69, 9.17) is 18.5 Å². The molecule has 0 amide bonds. The standard InChI is InChI=1S/C50H83O13P/c1-3-5-7-9-11-13-15-17-19-21-22-23-25-27-29-31-33-35-37-39-44(52)62-42(41-61-64(58,59)63-50-48(56)46(54)45(53)47(55)49(50)57)40-60-43(51)38-36-34-32-30-28-26-24-20-18-16-14-12-10-8-6-4-2/h5,7,11,13,17,19-20,22-24,27,29,33,35,42,45-50,53-57H,3-4,6,8-10,12,14-16,18,21,25-26,28,30-32,34,36-41H2,1-2H3,(H,58,59)/b7-5-,13-11-,19-17-,23-22-,24-20-,29-27-,35-33-. The number of allylic oxidation sites excluding steroid dienone is 14. The van der Waals surface area contributed by atoms with Gasteiger partial charge in [0, 0.05) is 12.8 Å². The van der Waals surface area contributed by atoms with Gasteiger partial charge in [0.2, 0.25) is 0 Å². The summed E-state index contributed by atoms with van der Waals surface area (Å²) in [4.78, 5) is 35.7. The lowest BCUT2D eigenvalue weighted by molar-refractivity contribution is -0.220. The number of unbranched alkanes of at least 4 members (excludes halogenated alkanes) is 12. The van der Waals surface area contributed by atoms with Crippen LogP contribution in [0.3, 0.4) is 0 Å². The summed E-state index contributed by atoms with van der Waals surface area (Å²) in [5.41, 5.74) is 0. The van der Waals surface area contributed by atoms with Crippen molar-refractivity contribution in [2.75, 3.05) is 13.2 Å². The second-order valence-electron chi connectivity index (χ2n) is 16.2. The fourth-order valence-corrected chi connectivity index (χ4v) is 7.63. The molecular formula is C50H83O13P. The third-order valence-corrected chi connectivity index (χ3v) is 11.5. The van der Waals surface area contributed by atoms with Gasteiger partial charge in [-0.1, -0.05) is 157 Å². The summed E-state index contributed by atoms with van der Waals surface area (Å²) in [5, 5.41) is 50.2. The number of aliphatic hydroxyl groups excluding tert-OH is 5. The van der Waals surface area contributed by atoms with Crippen LogP contribution in [0.2, 0.25) is 0 Å². The lowest BCUT2D eigenvalue weighted by Crippen LogP contribution is -2.64. The number of carbonyl (C=O) groups is 2. The van der Waals surface area contributed by atoms with Gasteiger partial charge in [-0.2, -0.15) is 0 Å². The van der Waals surface area contributed by atoms with E-state index in [2.05, 4.69) is 80.7 Å². The van der Waals surface area contributed by atoms with Gasteiger partial charge in [-0.15, -0.1) is 0 Å². The molecule has 6 atom stereocenters. The lowest BCUT2D eigenvalue weighted by Gasteiger charge is -2.41. The highest BCUT2D eigenvalue weighted by Crippen LogP contribution is 2.47. The Morgan fingerprint density at radius 3 is 1.42 bits per heavy atom. The van der Waals surface area contributed by atoms with Gasteiger partial charge >= 0.3 is 19.8 Å². The van der Waals surface area contributed by atoms with Gasteiger partial charge in [-0.05, 0) is 77.0 Å². The first-order chi connectivity index (χ1) is 30.9. The molecule has 0 radical (unpaired) electrons. The molecule has 6 N–H and O–H groups in total. The van der Waals surface area contributed by atoms with Crippen molar-refractivity contribution < 1.29 is 63.1 Å². The van der Waals surface area contributed by atoms with Crippen molar-refractivity contribution in [2.24, 2.45) is 0 Å². The van der Waals surface area contributed by atoms with Gasteiger partial charge in [-0.25, -0.2) is 4.57 Å². The molecule has 0 bridgehead atoms. The Labute approximate surface area is 384 Å². The van der Waals surface area contributed by atoms with Crippen molar-refractivity contribution in [2.45, 2.75) is 204 Å². The molecule has 64 heavy (non-hydrogen) atoms. The number of phosphoric acid groups is 1. The number of aliphatic hydroxyl groups is 5. The fourth-order valence-electron chi connectivity index (χ4n) is 6.66. The number of phosphoric ester groups is 1. The third-order valence-electron chi connectivity index (χ3n) is 10.5. The molecule has 366 valence electrons. The average molecular weight is 923 g/mol. The first kappa shape index (κ1) is 59.0. The van der Waals surface area contributed by atoms with E-state index in [9.17, 15) is 44.6 Å². The molecule has 0 aromatic carbocycles. The van der Waals surface area contributed by atoms with Crippen molar-refractivity contribution in [3.8, 4) is 0 Å². The van der Waals surface area contributed by atoms with Crippen LogP contribution in [0, 0.1) is 0 Å². The normalized spacial score (nSPS) is 22.3. The van der Waals surface area contributed by atoms with Gasteiger partial charge in [-0.3, -0.25) is 18.6 Å². The van der Waals surface area contributed by atoms with Crippen molar-refractivity contribution >= 4 is 19.8 Å². The Kier molecular flexibility index (Phi) is 36.2. The summed E-state index contributed by atoms with van der Waals surface area (Å²) >= 11 is 0. The summed E-state index contributed by atoms with van der Waals surface area (Å²) in [5.74, 6) is -1.21. The number of esters is 2. The predicted molar refractivity (Wildman–Crippen MR) is 253 cm³/mol. The highest BCUT2D eigenvalue weighted by molar-refractivity contribution is 7.47. The zero-order valence-electron chi connectivity index (χ0n) is 38.8. The van der Waals surface area contributed by atoms with E-state index in [1.54, 1.807) is 0 Å². The van der Waals surface area contributed by atoms with Crippen LogP contribution in [0.1, 0.15) is 162 Å². The van der Waals surface area contributed by atoms with Crippen molar-refractivity contribution in [3.63, 3.8) is 0 Å². The predicted octanol–water partition coefficient (Wildman–Crippen LogP) is 9.67. The summed E-state index contributed by atoms with van der Waals surface area (Å²) in [7, 11) is -5.15. The van der Waals surface area contributed by atoms with Crippen LogP contribution in [0.4, 0.5) is 0 Å². The molecule has 1 rings (SSSR count). The minimum atomic E-state index is -5.15. The minimum Gasteiger partial charge on any atom is -0.462 e. The van der Waals surface area contributed by atoms with E-state index in [-0.39, 0.29) is 12.8 Å². The zero-order valence-corrected chi connectivity index (χ0v) is 39.7. The number of carbonyl (C=O) groups excluding carboxylic acids is 2. The van der Waals surface area contributed by atoms with Gasteiger partial charge < -0.3 is 39.9 Å². The van der Waals surface area contributed by atoms with Gasteiger partial charge in [0.25, 0.3) is 0 Å². The molecule has 0 heterocycles. The van der Waals surface area contributed by atoms with Crippen molar-refractivity contribution in [3.05, 3.63) is 85.1 Å². The maximum Gasteiger partial charge on any atom is 0.472 e. The van der Waals surface area contributed by atoms with Gasteiger partial charge in [0.15, 0.2) is 6.10 Å². The Hall–Kier alpha value is -2.97. The van der Waals surface area contributed by atoms with Crippen LogP contribution < -0.4 is 0 Å². The molecule has 0 aromatic heterocycles. The SMILES string of the molecule is CC/C=C\C/C=C\C/C=C\C/C=C\C/C=C\C/C=C\CCC(=O)OC(COC(=O)CCCCCCC/C=C\CCCCCCCCC)COP(=O)(O)OC1C(O)C(O)C(O)C(O)C1O. The quantitative estimate of drug-likeness (QED) is 0.0148. The molecule has 0 aliphatic heterocycles. The molecule has 13 nitrogen and oxygen atoms in total. The summed E-state index contributed by atoms with van der Waals surface area (Å²) in [6, 6.07) is 0. The summed E-state index contributed by atoms with van der Waals surface area (Å²) in [6.45, 7) is 3.11. The summed E-state index contributed by atoms with van der Waals surface area (Å²) < 4.78 is 33.5.